The number of hydrogen-bond acceptors (Lipinski definition) is 5. The summed E-state index contributed by atoms with van der Waals surface area (Å²) in [4.78, 5) is 20.5. The van der Waals surface area contributed by atoms with Crippen molar-refractivity contribution in [2.45, 2.75) is 49.4 Å². The molecule has 0 bridgehead atoms. The van der Waals surface area contributed by atoms with Crippen LogP contribution in [0.1, 0.15) is 45.2 Å². The number of amides is 1. The zero-order valence-corrected chi connectivity index (χ0v) is 22.2. The summed E-state index contributed by atoms with van der Waals surface area (Å²) in [7, 11) is 0. The van der Waals surface area contributed by atoms with Gasteiger partial charge in [0, 0.05) is 16.6 Å². The first-order chi connectivity index (χ1) is 16.8. The van der Waals surface area contributed by atoms with E-state index in [0.29, 0.717) is 12.4 Å². The molecule has 35 heavy (non-hydrogen) atoms. The summed E-state index contributed by atoms with van der Waals surface area (Å²) < 4.78 is 7.60. The zero-order valence-electron chi connectivity index (χ0n) is 20.6. The molecule has 5 rings (SSSR count). The molecular weight excluding hydrogens is 472 g/mol. The van der Waals surface area contributed by atoms with Gasteiger partial charge in [0.05, 0.1) is 22.6 Å². The monoisotopic (exact) mass is 502 g/mol. The fourth-order valence-electron chi connectivity index (χ4n) is 5.43. The van der Waals surface area contributed by atoms with Crippen LogP contribution >= 0.6 is 23.1 Å². The van der Waals surface area contributed by atoms with Gasteiger partial charge in [-0.3, -0.25) is 4.79 Å². The summed E-state index contributed by atoms with van der Waals surface area (Å²) >= 11 is 3.12. The highest BCUT2D eigenvalue weighted by Crippen LogP contribution is 2.50. The quantitative estimate of drug-likeness (QED) is 0.259. The molecular formula is C29H30N2O2S2. The SMILES string of the molecule is CCOc1ccc2nc(SCC(=O)N3c4ccccc4[C@@](C)(c4ccccc4)CC3(C)C)sc2c1. The molecule has 180 valence electrons. The van der Waals surface area contributed by atoms with E-state index in [2.05, 4.69) is 69.3 Å². The zero-order chi connectivity index (χ0) is 24.6. The number of fused-ring (bicyclic) bond motifs is 2. The smallest absolute Gasteiger partial charge is 0.237 e. The van der Waals surface area contributed by atoms with Crippen molar-refractivity contribution >= 4 is 44.9 Å². The Labute approximate surface area is 215 Å². The molecule has 0 unspecified atom stereocenters. The molecule has 0 saturated heterocycles. The number of benzene rings is 3. The summed E-state index contributed by atoms with van der Waals surface area (Å²) in [6, 6.07) is 25.0. The minimum atomic E-state index is -0.337. The number of thioether (sulfide) groups is 1. The number of nitrogens with zero attached hydrogens (tertiary/aromatic N) is 2. The summed E-state index contributed by atoms with van der Waals surface area (Å²) in [5, 5.41) is 0. The average Bonchev–Trinajstić information content (AvgIpc) is 3.25. The molecule has 0 N–H and O–H groups in total. The minimum absolute atomic E-state index is 0.108. The number of carbonyl (C=O) groups is 1. The topological polar surface area (TPSA) is 42.4 Å². The molecule has 0 fully saturated rings. The third-order valence-electron chi connectivity index (χ3n) is 6.76. The number of carbonyl (C=O) groups excluding carboxylic acids is 1. The van der Waals surface area contributed by atoms with E-state index in [1.54, 1.807) is 11.3 Å². The normalized spacial score (nSPS) is 18.9. The summed E-state index contributed by atoms with van der Waals surface area (Å²) in [6.45, 7) is 9.28. The van der Waals surface area contributed by atoms with Crippen molar-refractivity contribution in [3.63, 3.8) is 0 Å². The van der Waals surface area contributed by atoms with E-state index >= 15 is 0 Å². The van der Waals surface area contributed by atoms with Crippen molar-refractivity contribution < 1.29 is 9.53 Å². The van der Waals surface area contributed by atoms with Crippen LogP contribution < -0.4 is 9.64 Å². The molecule has 1 atom stereocenters. The molecule has 1 amide bonds. The Morgan fingerprint density at radius 2 is 1.80 bits per heavy atom. The second-order valence-electron chi connectivity index (χ2n) is 9.76. The minimum Gasteiger partial charge on any atom is -0.494 e. The van der Waals surface area contributed by atoms with Gasteiger partial charge in [-0.1, -0.05) is 67.2 Å². The number of hydrogen-bond donors (Lipinski definition) is 0. The van der Waals surface area contributed by atoms with Crippen LogP contribution in [0.5, 0.6) is 5.75 Å². The Kier molecular flexibility index (Phi) is 6.36. The molecule has 2 heterocycles. The van der Waals surface area contributed by atoms with E-state index in [-0.39, 0.29) is 16.9 Å². The number of para-hydroxylation sites is 1. The average molecular weight is 503 g/mol. The van der Waals surface area contributed by atoms with E-state index < -0.39 is 0 Å². The Morgan fingerprint density at radius 1 is 1.06 bits per heavy atom. The van der Waals surface area contributed by atoms with Crippen molar-refractivity contribution in [1.82, 2.24) is 4.98 Å². The van der Waals surface area contributed by atoms with Gasteiger partial charge in [0.2, 0.25) is 5.91 Å². The van der Waals surface area contributed by atoms with Crippen molar-refractivity contribution in [1.29, 1.82) is 0 Å². The Morgan fingerprint density at radius 3 is 2.57 bits per heavy atom. The molecule has 0 radical (unpaired) electrons. The lowest BCUT2D eigenvalue weighted by Crippen LogP contribution is -2.56. The van der Waals surface area contributed by atoms with Gasteiger partial charge in [0.1, 0.15) is 5.75 Å². The van der Waals surface area contributed by atoms with Crippen LogP contribution in [-0.2, 0) is 10.2 Å². The molecule has 3 aromatic carbocycles. The van der Waals surface area contributed by atoms with Crippen molar-refractivity contribution in [3.05, 3.63) is 83.9 Å². The van der Waals surface area contributed by atoms with E-state index in [0.717, 1.165) is 32.4 Å². The largest absolute Gasteiger partial charge is 0.494 e. The molecule has 0 saturated carbocycles. The number of thiazole rings is 1. The van der Waals surface area contributed by atoms with Crippen LogP contribution in [0, 0.1) is 0 Å². The van der Waals surface area contributed by atoms with Crippen molar-refractivity contribution in [3.8, 4) is 5.75 Å². The molecule has 0 aliphatic carbocycles. The lowest BCUT2D eigenvalue weighted by atomic mass is 9.65. The second-order valence-corrected chi connectivity index (χ2v) is 12.0. The predicted molar refractivity (Wildman–Crippen MR) is 147 cm³/mol. The third-order valence-corrected chi connectivity index (χ3v) is 8.91. The van der Waals surface area contributed by atoms with Gasteiger partial charge in [-0.25, -0.2) is 4.98 Å². The van der Waals surface area contributed by atoms with Gasteiger partial charge < -0.3 is 9.64 Å². The van der Waals surface area contributed by atoms with Crippen molar-refractivity contribution in [2.75, 3.05) is 17.3 Å². The van der Waals surface area contributed by atoms with E-state index in [1.165, 1.54) is 22.9 Å². The van der Waals surface area contributed by atoms with Gasteiger partial charge in [-0.15, -0.1) is 11.3 Å². The van der Waals surface area contributed by atoms with Gasteiger partial charge in [-0.2, -0.15) is 0 Å². The second kappa shape index (κ2) is 9.32. The molecule has 1 aliphatic heterocycles. The maximum atomic E-state index is 13.7. The highest BCUT2D eigenvalue weighted by molar-refractivity contribution is 8.01. The number of anilines is 1. The number of aromatic nitrogens is 1. The third kappa shape index (κ3) is 4.45. The van der Waals surface area contributed by atoms with E-state index in [4.69, 9.17) is 9.72 Å². The maximum Gasteiger partial charge on any atom is 0.237 e. The summed E-state index contributed by atoms with van der Waals surface area (Å²) in [6.07, 6.45) is 0.846. The fourth-order valence-corrected chi connectivity index (χ4v) is 7.37. The standard InChI is InChI=1S/C29H30N2O2S2/c1-5-33-21-15-16-23-25(17-21)35-27(30-23)34-18-26(32)31-24-14-10-9-13-22(24)29(4,19-28(31,2)3)20-11-7-6-8-12-20/h6-17H,5,18-19H2,1-4H3/t29-/m1/s1. The predicted octanol–water partition coefficient (Wildman–Crippen LogP) is 7.31. The fraction of sp³-hybridized carbons (Fsp3) is 0.310. The lowest BCUT2D eigenvalue weighted by Gasteiger charge is -2.51. The van der Waals surface area contributed by atoms with Crippen LogP contribution in [0.2, 0.25) is 0 Å². The highest BCUT2D eigenvalue weighted by atomic mass is 32.2. The summed E-state index contributed by atoms with van der Waals surface area (Å²) in [5.74, 6) is 1.30. The van der Waals surface area contributed by atoms with Gasteiger partial charge in [0.15, 0.2) is 4.34 Å². The molecule has 1 aliphatic rings. The summed E-state index contributed by atoms with van der Waals surface area (Å²) in [5.41, 5.74) is 3.92. The van der Waals surface area contributed by atoms with Crippen LogP contribution in [0.3, 0.4) is 0 Å². The van der Waals surface area contributed by atoms with Crippen molar-refractivity contribution in [2.24, 2.45) is 0 Å². The van der Waals surface area contributed by atoms with E-state index in [1.807, 2.05) is 36.1 Å². The Hall–Kier alpha value is -2.83. The molecule has 6 heteroatoms. The molecule has 4 nitrogen and oxygen atoms in total. The molecule has 0 spiro atoms. The van der Waals surface area contributed by atoms with Crippen LogP contribution in [0.4, 0.5) is 5.69 Å². The van der Waals surface area contributed by atoms with Crippen LogP contribution in [-0.4, -0.2) is 28.8 Å². The van der Waals surface area contributed by atoms with Crippen LogP contribution in [0.15, 0.2) is 77.1 Å². The van der Waals surface area contributed by atoms with Gasteiger partial charge >= 0.3 is 0 Å². The molecule has 4 aromatic rings. The number of ether oxygens (including phenoxy) is 1. The first-order valence-electron chi connectivity index (χ1n) is 12.0. The number of rotatable bonds is 6. The Bertz CT molecular complexity index is 1370. The first kappa shape index (κ1) is 23.9. The lowest BCUT2D eigenvalue weighted by molar-refractivity contribution is -0.117. The molecule has 1 aromatic heterocycles. The van der Waals surface area contributed by atoms with Gasteiger partial charge in [-0.05, 0) is 62.6 Å². The van der Waals surface area contributed by atoms with Gasteiger partial charge in [0.25, 0.3) is 0 Å². The maximum absolute atomic E-state index is 13.7. The van der Waals surface area contributed by atoms with Crippen LogP contribution in [0.25, 0.3) is 10.2 Å². The first-order valence-corrected chi connectivity index (χ1v) is 13.8. The highest BCUT2D eigenvalue weighted by Gasteiger charge is 2.47. The Balaban J connectivity index is 1.42. The van der Waals surface area contributed by atoms with E-state index in [9.17, 15) is 4.79 Å².